The summed E-state index contributed by atoms with van der Waals surface area (Å²) in [6, 6.07) is 18.0. The minimum absolute atomic E-state index is 0.0925. The van der Waals surface area contributed by atoms with Crippen LogP contribution in [0.15, 0.2) is 65.4 Å². The highest BCUT2D eigenvalue weighted by Gasteiger charge is 2.12. The number of aromatic nitrogens is 5. The molecular formula is C22H22N6O3. The quantitative estimate of drug-likeness (QED) is 0.406. The van der Waals surface area contributed by atoms with Gasteiger partial charge < -0.3 is 14.6 Å². The summed E-state index contributed by atoms with van der Waals surface area (Å²) in [4.78, 5) is 20.3. The third-order valence-electron chi connectivity index (χ3n) is 4.52. The Balaban J connectivity index is 1.20. The van der Waals surface area contributed by atoms with Gasteiger partial charge in [0.15, 0.2) is 5.82 Å². The van der Waals surface area contributed by atoms with E-state index in [-0.39, 0.29) is 12.3 Å². The van der Waals surface area contributed by atoms with Gasteiger partial charge in [-0.3, -0.25) is 9.89 Å². The Morgan fingerprint density at radius 2 is 1.84 bits per heavy atom. The number of benzene rings is 2. The van der Waals surface area contributed by atoms with E-state index in [2.05, 4.69) is 30.6 Å². The van der Waals surface area contributed by atoms with Gasteiger partial charge in [0.2, 0.25) is 17.6 Å². The number of ether oxygens (including phenoxy) is 1. The van der Waals surface area contributed by atoms with Gasteiger partial charge in [0, 0.05) is 19.4 Å². The maximum atomic E-state index is 12.2. The number of amides is 1. The number of aromatic amines is 1. The van der Waals surface area contributed by atoms with Crippen LogP contribution in [-0.2, 0) is 35.7 Å². The van der Waals surface area contributed by atoms with Gasteiger partial charge in [0.1, 0.15) is 6.33 Å². The first-order valence-electron chi connectivity index (χ1n) is 9.91. The fourth-order valence-electron chi connectivity index (χ4n) is 2.97. The molecule has 0 atom stereocenters. The average molecular weight is 418 g/mol. The van der Waals surface area contributed by atoms with E-state index in [4.69, 9.17) is 9.26 Å². The van der Waals surface area contributed by atoms with Crippen molar-refractivity contribution in [1.82, 2.24) is 30.6 Å². The molecule has 158 valence electrons. The summed E-state index contributed by atoms with van der Waals surface area (Å²) < 4.78 is 10.9. The molecule has 4 aromatic rings. The van der Waals surface area contributed by atoms with Crippen LogP contribution in [0, 0.1) is 0 Å². The van der Waals surface area contributed by atoms with Gasteiger partial charge in [0.25, 0.3) is 0 Å². The summed E-state index contributed by atoms with van der Waals surface area (Å²) in [7, 11) is 0. The van der Waals surface area contributed by atoms with Crippen LogP contribution in [0.4, 0.5) is 0 Å². The molecule has 2 aromatic heterocycles. The Hall–Kier alpha value is -3.85. The molecule has 0 aliphatic rings. The number of nitrogens with zero attached hydrogens (tertiary/aromatic N) is 4. The lowest BCUT2D eigenvalue weighted by Crippen LogP contribution is -2.23. The number of carbonyl (C=O) groups is 1. The van der Waals surface area contributed by atoms with E-state index in [1.807, 2.05) is 54.6 Å². The number of H-pyrrole nitrogens is 1. The predicted octanol–water partition coefficient (Wildman–Crippen LogP) is 2.82. The molecule has 0 saturated heterocycles. The lowest BCUT2D eigenvalue weighted by molar-refractivity contribution is -0.121. The second-order valence-electron chi connectivity index (χ2n) is 6.92. The number of aryl methyl sites for hydroxylation is 1. The van der Waals surface area contributed by atoms with E-state index in [0.717, 1.165) is 16.7 Å². The second kappa shape index (κ2) is 10.3. The molecule has 0 saturated carbocycles. The molecule has 9 heteroatoms. The van der Waals surface area contributed by atoms with Crippen molar-refractivity contribution < 1.29 is 14.1 Å². The van der Waals surface area contributed by atoms with Crippen LogP contribution < -0.4 is 5.32 Å². The van der Waals surface area contributed by atoms with Gasteiger partial charge >= 0.3 is 0 Å². The highest BCUT2D eigenvalue weighted by Crippen LogP contribution is 2.11. The monoisotopic (exact) mass is 418 g/mol. The molecule has 9 nitrogen and oxygen atoms in total. The molecule has 0 spiro atoms. The van der Waals surface area contributed by atoms with Gasteiger partial charge in [0.05, 0.1) is 13.2 Å². The fraction of sp³-hybridized carbons (Fsp3) is 0.227. The molecule has 0 fully saturated rings. The molecule has 0 radical (unpaired) electrons. The predicted molar refractivity (Wildman–Crippen MR) is 111 cm³/mol. The van der Waals surface area contributed by atoms with Crippen LogP contribution in [0.1, 0.15) is 29.0 Å². The number of rotatable bonds is 10. The average Bonchev–Trinajstić information content (AvgIpc) is 3.49. The van der Waals surface area contributed by atoms with Crippen molar-refractivity contribution in [2.45, 2.75) is 32.6 Å². The number of hydrogen-bond acceptors (Lipinski definition) is 7. The second-order valence-corrected chi connectivity index (χ2v) is 6.92. The van der Waals surface area contributed by atoms with Crippen molar-refractivity contribution in [1.29, 1.82) is 0 Å². The summed E-state index contributed by atoms with van der Waals surface area (Å²) in [6.07, 6.45) is 1.96. The number of hydrogen-bond donors (Lipinski definition) is 2. The SMILES string of the molecule is O=C(CCc1nc(-c2ncn[nH]2)no1)NCc1cccc(COCc2ccccc2)c1. The summed E-state index contributed by atoms with van der Waals surface area (Å²) >= 11 is 0. The first-order valence-corrected chi connectivity index (χ1v) is 9.91. The maximum absolute atomic E-state index is 12.2. The van der Waals surface area contributed by atoms with Crippen molar-refractivity contribution >= 4 is 5.91 Å². The van der Waals surface area contributed by atoms with Gasteiger partial charge in [-0.05, 0) is 16.7 Å². The molecular weight excluding hydrogens is 396 g/mol. The van der Waals surface area contributed by atoms with Crippen LogP contribution in [0.5, 0.6) is 0 Å². The molecule has 0 unspecified atom stereocenters. The Kier molecular flexibility index (Phi) is 6.76. The maximum Gasteiger partial charge on any atom is 0.239 e. The Morgan fingerprint density at radius 3 is 2.68 bits per heavy atom. The summed E-state index contributed by atoms with van der Waals surface area (Å²) in [6.45, 7) is 1.52. The molecule has 0 bridgehead atoms. The zero-order chi connectivity index (χ0) is 21.3. The smallest absolute Gasteiger partial charge is 0.239 e. The van der Waals surface area contributed by atoms with E-state index in [0.29, 0.717) is 43.7 Å². The molecule has 1 amide bonds. The van der Waals surface area contributed by atoms with Crippen LogP contribution >= 0.6 is 0 Å². The van der Waals surface area contributed by atoms with Crippen LogP contribution in [0.2, 0.25) is 0 Å². The molecule has 31 heavy (non-hydrogen) atoms. The van der Waals surface area contributed by atoms with Crippen LogP contribution in [0.3, 0.4) is 0 Å². The third kappa shape index (κ3) is 6.06. The minimum Gasteiger partial charge on any atom is -0.372 e. The lowest BCUT2D eigenvalue weighted by atomic mass is 10.1. The third-order valence-corrected chi connectivity index (χ3v) is 4.52. The summed E-state index contributed by atoms with van der Waals surface area (Å²) in [5, 5.41) is 13.1. The minimum atomic E-state index is -0.0925. The zero-order valence-electron chi connectivity index (χ0n) is 16.8. The largest absolute Gasteiger partial charge is 0.372 e. The highest BCUT2D eigenvalue weighted by atomic mass is 16.5. The van der Waals surface area contributed by atoms with E-state index >= 15 is 0 Å². The first kappa shape index (κ1) is 20.4. The Bertz CT molecular complexity index is 1100. The molecule has 2 N–H and O–H groups in total. The van der Waals surface area contributed by atoms with Crippen molar-refractivity contribution in [3.63, 3.8) is 0 Å². The van der Waals surface area contributed by atoms with Gasteiger partial charge in [-0.2, -0.15) is 10.1 Å². The van der Waals surface area contributed by atoms with E-state index in [1.165, 1.54) is 6.33 Å². The van der Waals surface area contributed by atoms with Crippen molar-refractivity contribution in [3.8, 4) is 11.6 Å². The number of carbonyl (C=O) groups excluding carboxylic acids is 1. The van der Waals surface area contributed by atoms with Crippen molar-refractivity contribution in [3.05, 3.63) is 83.5 Å². The van der Waals surface area contributed by atoms with Gasteiger partial charge in [-0.1, -0.05) is 59.8 Å². The van der Waals surface area contributed by atoms with Gasteiger partial charge in [-0.15, -0.1) is 0 Å². The molecule has 2 heterocycles. The lowest BCUT2D eigenvalue weighted by Gasteiger charge is -2.08. The van der Waals surface area contributed by atoms with Crippen LogP contribution in [0.25, 0.3) is 11.6 Å². The highest BCUT2D eigenvalue weighted by molar-refractivity contribution is 5.76. The van der Waals surface area contributed by atoms with E-state index in [9.17, 15) is 4.79 Å². The molecule has 2 aromatic carbocycles. The van der Waals surface area contributed by atoms with E-state index in [1.54, 1.807) is 0 Å². The fourth-order valence-corrected chi connectivity index (χ4v) is 2.97. The van der Waals surface area contributed by atoms with Crippen molar-refractivity contribution in [2.75, 3.05) is 0 Å². The summed E-state index contributed by atoms with van der Waals surface area (Å²) in [5.41, 5.74) is 3.22. The topological polar surface area (TPSA) is 119 Å². The Morgan fingerprint density at radius 1 is 1.03 bits per heavy atom. The van der Waals surface area contributed by atoms with Crippen molar-refractivity contribution in [2.24, 2.45) is 0 Å². The normalized spacial score (nSPS) is 10.8. The first-order chi connectivity index (χ1) is 15.3. The van der Waals surface area contributed by atoms with Crippen LogP contribution in [-0.4, -0.2) is 31.2 Å². The molecule has 0 aliphatic heterocycles. The van der Waals surface area contributed by atoms with E-state index < -0.39 is 0 Å². The standard InChI is InChI=1S/C22H22N6O3/c29-19(9-10-20-26-22(28-31-20)21-24-15-25-27-21)23-12-17-7-4-8-18(11-17)14-30-13-16-5-2-1-3-6-16/h1-8,11,15H,9-10,12-14H2,(H,23,29)(H,24,25,27). The van der Waals surface area contributed by atoms with Gasteiger partial charge in [-0.25, -0.2) is 4.98 Å². The summed E-state index contributed by atoms with van der Waals surface area (Å²) in [5.74, 6) is 1.02. The Labute approximate surface area is 178 Å². The number of nitrogens with one attached hydrogen (secondary N) is 2. The molecule has 4 rings (SSSR count). The molecule has 0 aliphatic carbocycles. The zero-order valence-corrected chi connectivity index (χ0v) is 16.8.